The molecule has 21 heavy (non-hydrogen) atoms. The number of hydrogen-bond donors (Lipinski definition) is 2. The first-order valence-electron chi connectivity index (χ1n) is 7.65. The molecule has 1 rings (SSSR count). The van der Waals surface area contributed by atoms with E-state index in [4.69, 9.17) is 17.5 Å². The second-order valence-electron chi connectivity index (χ2n) is 5.43. The summed E-state index contributed by atoms with van der Waals surface area (Å²) in [6.45, 7) is 4.59. The maximum atomic E-state index is 8.74. The van der Waals surface area contributed by atoms with E-state index in [9.17, 15) is 0 Å². The summed E-state index contributed by atoms with van der Waals surface area (Å²) in [6.07, 6.45) is 15.7. The van der Waals surface area contributed by atoms with Crippen LogP contribution in [0.3, 0.4) is 0 Å². The number of hydrogen-bond acceptors (Lipinski definition) is 4. The van der Waals surface area contributed by atoms with E-state index in [1.807, 2.05) is 0 Å². The highest BCUT2D eigenvalue weighted by Crippen LogP contribution is 2.10. The first-order chi connectivity index (χ1) is 9.83. The highest BCUT2D eigenvalue weighted by atomic mass is 32.3. The van der Waals surface area contributed by atoms with E-state index < -0.39 is 10.4 Å². The van der Waals surface area contributed by atoms with Crippen molar-refractivity contribution >= 4 is 10.4 Å². The zero-order chi connectivity index (χ0) is 16.1. The molecule has 2 N–H and O–H groups in total. The molecule has 1 heterocycles. The molecule has 0 atom stereocenters. The van der Waals surface area contributed by atoms with Crippen LogP contribution in [-0.4, -0.2) is 47.6 Å². The van der Waals surface area contributed by atoms with Crippen molar-refractivity contribution < 1.29 is 17.5 Å². The van der Waals surface area contributed by atoms with Gasteiger partial charge in [0.2, 0.25) is 0 Å². The van der Waals surface area contributed by atoms with E-state index in [1.54, 1.807) is 0 Å². The lowest BCUT2D eigenvalue weighted by molar-refractivity contribution is 0.290. The second-order valence-corrected chi connectivity index (χ2v) is 6.33. The summed E-state index contributed by atoms with van der Waals surface area (Å²) in [4.78, 5) is 4.63. The summed E-state index contributed by atoms with van der Waals surface area (Å²) in [5.41, 5.74) is 0. The van der Waals surface area contributed by atoms with Gasteiger partial charge in [-0.25, -0.2) is 0 Å². The smallest absolute Gasteiger partial charge is 0.362 e. The van der Waals surface area contributed by atoms with Crippen LogP contribution >= 0.6 is 0 Å². The van der Waals surface area contributed by atoms with Crippen LogP contribution in [0.15, 0.2) is 12.4 Å². The van der Waals surface area contributed by atoms with Crippen molar-refractivity contribution in [1.29, 1.82) is 0 Å². The largest absolute Gasteiger partial charge is 0.394 e. The van der Waals surface area contributed by atoms with E-state index in [1.165, 1.54) is 57.9 Å². The molecule has 0 aliphatic carbocycles. The minimum atomic E-state index is -4.67. The third-order valence-electron chi connectivity index (χ3n) is 3.24. The third-order valence-corrected chi connectivity index (χ3v) is 3.24. The summed E-state index contributed by atoms with van der Waals surface area (Å²) in [7, 11) is -2.54. The van der Waals surface area contributed by atoms with Crippen molar-refractivity contribution in [2.75, 3.05) is 20.3 Å². The van der Waals surface area contributed by atoms with Crippen LogP contribution in [-0.2, 0) is 10.4 Å². The average Bonchev–Trinajstić information content (AvgIpc) is 2.76. The van der Waals surface area contributed by atoms with Gasteiger partial charge < -0.3 is 9.80 Å². The Balaban J connectivity index is 0.000000690. The zero-order valence-electron chi connectivity index (χ0n) is 13.2. The summed E-state index contributed by atoms with van der Waals surface area (Å²) in [6, 6.07) is 0. The fourth-order valence-corrected chi connectivity index (χ4v) is 2.18. The summed E-state index contributed by atoms with van der Waals surface area (Å²) in [5, 5.41) is 0. The lowest BCUT2D eigenvalue weighted by Crippen LogP contribution is -2.23. The maximum absolute atomic E-state index is 8.74. The van der Waals surface area contributed by atoms with Crippen molar-refractivity contribution in [3.05, 3.63) is 12.4 Å². The molecule has 6 nitrogen and oxygen atoms in total. The molecular weight excluding hydrogens is 292 g/mol. The molecule has 0 saturated carbocycles. The Morgan fingerprint density at radius 1 is 0.952 bits per heavy atom. The monoisotopic (exact) mass is 322 g/mol. The van der Waals surface area contributed by atoms with Gasteiger partial charge in [0.25, 0.3) is 0 Å². The molecule has 1 aliphatic rings. The fourth-order valence-electron chi connectivity index (χ4n) is 2.18. The Morgan fingerprint density at radius 2 is 1.43 bits per heavy atom. The van der Waals surface area contributed by atoms with E-state index in [-0.39, 0.29) is 0 Å². The highest BCUT2D eigenvalue weighted by molar-refractivity contribution is 7.79. The summed E-state index contributed by atoms with van der Waals surface area (Å²) < 4.78 is 31.6. The predicted octanol–water partition coefficient (Wildman–Crippen LogP) is 3.15. The van der Waals surface area contributed by atoms with Gasteiger partial charge in [0.15, 0.2) is 0 Å². The van der Waals surface area contributed by atoms with Crippen molar-refractivity contribution in [3.8, 4) is 0 Å². The van der Waals surface area contributed by atoms with Gasteiger partial charge in [-0.3, -0.25) is 9.11 Å². The molecular formula is C14H30N2O4S. The predicted molar refractivity (Wildman–Crippen MR) is 85.3 cm³/mol. The van der Waals surface area contributed by atoms with Crippen molar-refractivity contribution in [2.24, 2.45) is 0 Å². The molecule has 0 aromatic rings. The van der Waals surface area contributed by atoms with Gasteiger partial charge in [0.05, 0.1) is 6.67 Å². The molecule has 0 aromatic carbocycles. The summed E-state index contributed by atoms with van der Waals surface area (Å²) >= 11 is 0. The van der Waals surface area contributed by atoms with Crippen LogP contribution in [0.1, 0.15) is 58.3 Å². The van der Waals surface area contributed by atoms with Crippen LogP contribution in [0.2, 0.25) is 0 Å². The average molecular weight is 322 g/mol. The molecule has 1 aliphatic heterocycles. The van der Waals surface area contributed by atoms with Crippen molar-refractivity contribution in [3.63, 3.8) is 0 Å². The maximum Gasteiger partial charge on any atom is 0.394 e. The van der Waals surface area contributed by atoms with E-state index >= 15 is 0 Å². The topological polar surface area (TPSA) is 81.1 Å². The van der Waals surface area contributed by atoms with E-state index in [2.05, 4.69) is 36.2 Å². The van der Waals surface area contributed by atoms with Gasteiger partial charge >= 0.3 is 10.4 Å². The molecule has 0 fully saturated rings. The fraction of sp³-hybridized carbons (Fsp3) is 0.857. The first-order valence-corrected chi connectivity index (χ1v) is 9.05. The van der Waals surface area contributed by atoms with Crippen LogP contribution in [0, 0.1) is 0 Å². The van der Waals surface area contributed by atoms with Gasteiger partial charge in [0, 0.05) is 26.0 Å². The van der Waals surface area contributed by atoms with Crippen molar-refractivity contribution in [1.82, 2.24) is 9.80 Å². The highest BCUT2D eigenvalue weighted by Gasteiger charge is 2.06. The molecule has 0 aromatic heterocycles. The Labute approximate surface area is 129 Å². The van der Waals surface area contributed by atoms with Gasteiger partial charge in [0.1, 0.15) is 0 Å². The number of rotatable bonds is 9. The van der Waals surface area contributed by atoms with Gasteiger partial charge in [-0.05, 0) is 6.42 Å². The second kappa shape index (κ2) is 11.8. The minimum absolute atomic E-state index is 1.08. The van der Waals surface area contributed by atoms with Gasteiger partial charge in [-0.2, -0.15) is 8.42 Å². The minimum Gasteiger partial charge on any atom is -0.362 e. The quantitative estimate of drug-likeness (QED) is 0.501. The Kier molecular flexibility index (Phi) is 11.4. The van der Waals surface area contributed by atoms with E-state index in [0.29, 0.717) is 0 Å². The van der Waals surface area contributed by atoms with Crippen LogP contribution in [0.25, 0.3) is 0 Å². The lowest BCUT2D eigenvalue weighted by Gasteiger charge is -2.17. The molecule has 126 valence electrons. The van der Waals surface area contributed by atoms with Crippen molar-refractivity contribution in [2.45, 2.75) is 58.3 Å². The number of nitrogens with zero attached hydrogens (tertiary/aromatic N) is 2. The Hall–Kier alpha value is -0.790. The SMILES string of the molecule is CCCCCCCCCCN1C=CN(C)C1.O=S(=O)(O)O. The molecule has 0 bridgehead atoms. The Morgan fingerprint density at radius 3 is 1.86 bits per heavy atom. The third kappa shape index (κ3) is 17.2. The molecule has 7 heteroatoms. The Bertz CT molecular complexity index is 363. The van der Waals surface area contributed by atoms with Crippen LogP contribution in [0.5, 0.6) is 0 Å². The molecule has 0 spiro atoms. The molecule has 0 unspecified atom stereocenters. The molecule has 0 saturated heterocycles. The lowest BCUT2D eigenvalue weighted by atomic mass is 10.1. The normalized spacial score (nSPS) is 14.3. The van der Waals surface area contributed by atoms with Crippen LogP contribution < -0.4 is 0 Å². The number of unbranched alkanes of at least 4 members (excludes halogenated alkanes) is 7. The summed E-state index contributed by atoms with van der Waals surface area (Å²) in [5.74, 6) is 0. The standard InChI is InChI=1S/C14H28N2.H2O4S/c1-3-4-5-6-7-8-9-10-11-16-13-12-15(2)14-16;1-5(2,3)4/h12-13H,3-11,14H2,1-2H3;(H2,1,2,3,4). The van der Waals surface area contributed by atoms with Gasteiger partial charge in [-0.15, -0.1) is 0 Å². The van der Waals surface area contributed by atoms with Gasteiger partial charge in [-0.1, -0.05) is 51.9 Å². The van der Waals surface area contributed by atoms with Crippen LogP contribution in [0.4, 0.5) is 0 Å². The van der Waals surface area contributed by atoms with E-state index in [0.717, 1.165) is 6.67 Å². The first kappa shape index (κ1) is 20.2. The molecule has 0 radical (unpaired) electrons. The molecule has 0 amide bonds. The zero-order valence-corrected chi connectivity index (χ0v) is 14.1.